The number of hydrogen-bond acceptors (Lipinski definition) is 5. The monoisotopic (exact) mass is 254 g/mol. The third-order valence-electron chi connectivity index (χ3n) is 2.22. The molecule has 17 heavy (non-hydrogen) atoms. The van der Waals surface area contributed by atoms with Crippen LogP contribution in [0.1, 0.15) is 13.3 Å². The number of rotatable bonds is 5. The quantitative estimate of drug-likeness (QED) is 0.828. The van der Waals surface area contributed by atoms with Crippen LogP contribution < -0.4 is 5.73 Å². The first kappa shape index (κ1) is 13.4. The maximum atomic E-state index is 12.2. The van der Waals surface area contributed by atoms with Gasteiger partial charge < -0.3 is 5.73 Å². The molecule has 0 saturated carbocycles. The van der Waals surface area contributed by atoms with Crippen molar-refractivity contribution in [2.75, 3.05) is 18.8 Å². The fraction of sp³-hybridized carbons (Fsp3) is 0.400. The summed E-state index contributed by atoms with van der Waals surface area (Å²) >= 11 is 0. The summed E-state index contributed by atoms with van der Waals surface area (Å²) in [7, 11) is -3.58. The maximum absolute atomic E-state index is 12.2. The van der Waals surface area contributed by atoms with E-state index < -0.39 is 10.0 Å². The number of aromatic nitrogens is 1. The minimum Gasteiger partial charge on any atom is -0.384 e. The highest BCUT2D eigenvalue weighted by Crippen LogP contribution is 2.16. The van der Waals surface area contributed by atoms with Crippen molar-refractivity contribution in [3.63, 3.8) is 0 Å². The summed E-state index contributed by atoms with van der Waals surface area (Å²) < 4.78 is 25.6. The van der Waals surface area contributed by atoms with E-state index in [2.05, 4.69) is 4.98 Å². The van der Waals surface area contributed by atoms with Crippen molar-refractivity contribution in [3.05, 3.63) is 18.3 Å². The molecular weight excluding hydrogens is 240 g/mol. The minimum atomic E-state index is -3.58. The summed E-state index contributed by atoms with van der Waals surface area (Å²) in [4.78, 5) is 3.84. The van der Waals surface area contributed by atoms with E-state index in [1.165, 1.54) is 22.6 Å². The molecule has 6 nitrogen and oxygen atoms in total. The molecular formula is C10H14N4O2S. The molecule has 0 aromatic carbocycles. The Balaban J connectivity index is 3.05. The van der Waals surface area contributed by atoms with Crippen molar-refractivity contribution in [2.45, 2.75) is 18.2 Å². The average molecular weight is 254 g/mol. The summed E-state index contributed by atoms with van der Waals surface area (Å²) in [5, 5.41) is 8.49. The molecule has 0 fully saturated rings. The SMILES string of the molecule is CCN(CCC#N)S(=O)(=O)c1ccnc(N)c1. The molecule has 1 heterocycles. The van der Waals surface area contributed by atoms with E-state index in [-0.39, 0.29) is 23.7 Å². The lowest BCUT2D eigenvalue weighted by molar-refractivity contribution is 0.435. The second-order valence-corrected chi connectivity index (χ2v) is 5.26. The van der Waals surface area contributed by atoms with Crippen LogP contribution in [0.25, 0.3) is 0 Å². The van der Waals surface area contributed by atoms with Gasteiger partial charge in [-0.2, -0.15) is 9.57 Å². The van der Waals surface area contributed by atoms with Crippen LogP contribution in [-0.4, -0.2) is 30.8 Å². The number of hydrogen-bond donors (Lipinski definition) is 1. The van der Waals surface area contributed by atoms with Gasteiger partial charge in [0.2, 0.25) is 10.0 Å². The maximum Gasteiger partial charge on any atom is 0.243 e. The average Bonchev–Trinajstić information content (AvgIpc) is 2.30. The van der Waals surface area contributed by atoms with Gasteiger partial charge in [0, 0.05) is 31.8 Å². The van der Waals surface area contributed by atoms with Crippen LogP contribution >= 0.6 is 0 Å². The molecule has 7 heteroatoms. The number of nitriles is 1. The van der Waals surface area contributed by atoms with Gasteiger partial charge in [-0.1, -0.05) is 6.92 Å². The zero-order chi connectivity index (χ0) is 12.9. The highest BCUT2D eigenvalue weighted by Gasteiger charge is 2.22. The molecule has 0 aliphatic carbocycles. The first-order chi connectivity index (χ1) is 8.02. The predicted molar refractivity (Wildman–Crippen MR) is 63.3 cm³/mol. The summed E-state index contributed by atoms with van der Waals surface area (Å²) in [5.41, 5.74) is 5.45. The fourth-order valence-corrected chi connectivity index (χ4v) is 2.83. The van der Waals surface area contributed by atoms with Crippen LogP contribution in [0.4, 0.5) is 5.82 Å². The van der Waals surface area contributed by atoms with E-state index in [1.54, 1.807) is 6.92 Å². The molecule has 0 unspecified atom stereocenters. The Hall–Kier alpha value is -1.65. The molecule has 2 N–H and O–H groups in total. The number of nitrogens with two attached hydrogens (primary N) is 1. The van der Waals surface area contributed by atoms with Crippen molar-refractivity contribution in [1.82, 2.24) is 9.29 Å². The van der Waals surface area contributed by atoms with Gasteiger partial charge >= 0.3 is 0 Å². The van der Waals surface area contributed by atoms with Crippen molar-refractivity contribution in [2.24, 2.45) is 0 Å². The molecule has 0 aliphatic heterocycles. The first-order valence-corrected chi connectivity index (χ1v) is 6.55. The lowest BCUT2D eigenvalue weighted by Crippen LogP contribution is -2.31. The second kappa shape index (κ2) is 5.61. The second-order valence-electron chi connectivity index (χ2n) is 3.32. The van der Waals surface area contributed by atoms with Crippen LogP contribution in [-0.2, 0) is 10.0 Å². The first-order valence-electron chi connectivity index (χ1n) is 5.11. The van der Waals surface area contributed by atoms with Crippen LogP contribution in [0.2, 0.25) is 0 Å². The number of nitrogens with zero attached hydrogens (tertiary/aromatic N) is 3. The number of sulfonamides is 1. The zero-order valence-electron chi connectivity index (χ0n) is 9.50. The van der Waals surface area contributed by atoms with E-state index in [9.17, 15) is 8.42 Å². The van der Waals surface area contributed by atoms with Crippen molar-refractivity contribution >= 4 is 15.8 Å². The van der Waals surface area contributed by atoms with Crippen LogP contribution in [0.3, 0.4) is 0 Å². The van der Waals surface area contributed by atoms with Gasteiger partial charge in [0.05, 0.1) is 11.0 Å². The van der Waals surface area contributed by atoms with Gasteiger partial charge in [-0.05, 0) is 6.07 Å². The van der Waals surface area contributed by atoms with E-state index in [0.717, 1.165) is 0 Å². The molecule has 1 aromatic rings. The third kappa shape index (κ3) is 3.15. The summed E-state index contributed by atoms with van der Waals surface area (Å²) in [6.07, 6.45) is 1.51. The van der Waals surface area contributed by atoms with Gasteiger partial charge in [0.1, 0.15) is 5.82 Å². The summed E-state index contributed by atoms with van der Waals surface area (Å²) in [6.45, 7) is 2.21. The molecule has 1 aromatic heterocycles. The van der Waals surface area contributed by atoms with Crippen molar-refractivity contribution < 1.29 is 8.42 Å². The molecule has 92 valence electrons. The summed E-state index contributed by atoms with van der Waals surface area (Å²) in [5.74, 6) is 0.155. The van der Waals surface area contributed by atoms with Gasteiger partial charge in [0.25, 0.3) is 0 Å². The molecule has 0 saturated heterocycles. The van der Waals surface area contributed by atoms with Crippen molar-refractivity contribution in [1.29, 1.82) is 5.26 Å². The smallest absolute Gasteiger partial charge is 0.243 e. The molecule has 0 spiro atoms. The number of nitrogen functional groups attached to an aromatic ring is 1. The van der Waals surface area contributed by atoms with Gasteiger partial charge in [-0.25, -0.2) is 13.4 Å². The number of pyridine rings is 1. The van der Waals surface area contributed by atoms with Gasteiger partial charge in [-0.15, -0.1) is 0 Å². The fourth-order valence-electron chi connectivity index (χ4n) is 1.36. The topological polar surface area (TPSA) is 100 Å². The third-order valence-corrected chi connectivity index (χ3v) is 4.19. The highest BCUT2D eigenvalue weighted by atomic mass is 32.2. The Bertz CT molecular complexity index is 521. The molecule has 0 bridgehead atoms. The Labute approximate surface area is 101 Å². The molecule has 0 aliphatic rings. The standard InChI is InChI=1S/C10H14N4O2S/c1-2-14(7-3-5-11)17(15,16)9-4-6-13-10(12)8-9/h4,6,8H,2-3,7H2,1H3,(H2,12,13). The predicted octanol–water partition coefficient (Wildman–Crippen LogP) is 0.588. The molecule has 0 atom stereocenters. The van der Waals surface area contributed by atoms with E-state index >= 15 is 0 Å². The van der Waals surface area contributed by atoms with E-state index in [0.29, 0.717) is 6.54 Å². The van der Waals surface area contributed by atoms with E-state index in [1.807, 2.05) is 6.07 Å². The highest BCUT2D eigenvalue weighted by molar-refractivity contribution is 7.89. The minimum absolute atomic E-state index is 0.102. The zero-order valence-corrected chi connectivity index (χ0v) is 10.3. The Morgan fingerprint density at radius 1 is 1.59 bits per heavy atom. The molecule has 1 rings (SSSR count). The van der Waals surface area contributed by atoms with Gasteiger partial charge in [-0.3, -0.25) is 0 Å². The largest absolute Gasteiger partial charge is 0.384 e. The molecule has 0 radical (unpaired) electrons. The van der Waals surface area contributed by atoms with Crippen LogP contribution in [0.15, 0.2) is 23.2 Å². The van der Waals surface area contributed by atoms with Crippen LogP contribution in [0.5, 0.6) is 0 Å². The Kier molecular flexibility index (Phi) is 4.43. The van der Waals surface area contributed by atoms with Crippen molar-refractivity contribution in [3.8, 4) is 6.07 Å². The number of anilines is 1. The Morgan fingerprint density at radius 3 is 2.82 bits per heavy atom. The lowest BCUT2D eigenvalue weighted by Gasteiger charge is -2.19. The lowest BCUT2D eigenvalue weighted by atomic mass is 10.5. The van der Waals surface area contributed by atoms with E-state index in [4.69, 9.17) is 11.0 Å². The van der Waals surface area contributed by atoms with Crippen LogP contribution in [0, 0.1) is 11.3 Å². The Morgan fingerprint density at radius 2 is 2.29 bits per heavy atom. The normalized spacial score (nSPS) is 11.4. The summed E-state index contributed by atoms with van der Waals surface area (Å²) in [6, 6.07) is 4.62. The molecule has 0 amide bonds. The van der Waals surface area contributed by atoms with Gasteiger partial charge in [0.15, 0.2) is 0 Å².